The topological polar surface area (TPSA) is 91.3 Å². The van der Waals surface area contributed by atoms with Gasteiger partial charge in [0.2, 0.25) is 12.4 Å². The predicted molar refractivity (Wildman–Crippen MR) is 81.0 cm³/mol. The molecule has 2 aromatic heterocycles. The molecule has 1 fully saturated rings. The van der Waals surface area contributed by atoms with E-state index < -0.39 is 0 Å². The third-order valence-corrected chi connectivity index (χ3v) is 4.02. The summed E-state index contributed by atoms with van der Waals surface area (Å²) in [4.78, 5) is 38.8. The van der Waals surface area contributed by atoms with Gasteiger partial charge in [0, 0.05) is 44.0 Å². The Bertz CT molecular complexity index is 654. The van der Waals surface area contributed by atoms with Crippen molar-refractivity contribution in [3.63, 3.8) is 0 Å². The van der Waals surface area contributed by atoms with Crippen LogP contribution in [-0.4, -0.2) is 63.2 Å². The lowest BCUT2D eigenvalue weighted by atomic mass is 10.3. The number of nitrogens with one attached hydrogen (secondary N) is 1. The normalized spacial score (nSPS) is 14.7. The van der Waals surface area contributed by atoms with E-state index in [1.165, 1.54) is 11.3 Å². The Morgan fingerprint density at radius 1 is 1.23 bits per heavy atom. The fourth-order valence-electron chi connectivity index (χ4n) is 2.08. The van der Waals surface area contributed by atoms with Crippen molar-refractivity contribution >= 4 is 34.7 Å². The molecule has 0 radical (unpaired) electrons. The molecule has 1 aliphatic rings. The monoisotopic (exact) mass is 318 g/mol. The molecular formula is C13H14N6O2S. The zero-order chi connectivity index (χ0) is 15.4. The molecule has 114 valence electrons. The minimum atomic E-state index is -0.121. The molecule has 1 aliphatic heterocycles. The van der Waals surface area contributed by atoms with Crippen LogP contribution in [-0.2, 0) is 4.79 Å². The lowest BCUT2D eigenvalue weighted by molar-refractivity contribution is -0.119. The maximum absolute atomic E-state index is 12.4. The molecule has 1 saturated heterocycles. The van der Waals surface area contributed by atoms with E-state index in [4.69, 9.17) is 0 Å². The first-order chi connectivity index (χ1) is 10.8. The van der Waals surface area contributed by atoms with E-state index in [9.17, 15) is 9.59 Å². The molecular weight excluding hydrogens is 304 g/mol. The van der Waals surface area contributed by atoms with Gasteiger partial charge in [-0.3, -0.25) is 9.59 Å². The first kappa shape index (κ1) is 14.4. The molecule has 8 nitrogen and oxygen atoms in total. The Morgan fingerprint density at radius 3 is 2.64 bits per heavy atom. The van der Waals surface area contributed by atoms with Crippen LogP contribution in [0.4, 0.5) is 11.1 Å². The summed E-state index contributed by atoms with van der Waals surface area (Å²) in [6.07, 6.45) is 4.07. The molecule has 0 atom stereocenters. The number of rotatable bonds is 4. The van der Waals surface area contributed by atoms with Gasteiger partial charge in [-0.15, -0.1) is 11.3 Å². The summed E-state index contributed by atoms with van der Waals surface area (Å²) in [6, 6.07) is 1.72. The minimum Gasteiger partial charge on any atom is -0.342 e. The van der Waals surface area contributed by atoms with Crippen molar-refractivity contribution < 1.29 is 9.59 Å². The molecule has 3 heterocycles. The van der Waals surface area contributed by atoms with Gasteiger partial charge in [-0.2, -0.15) is 0 Å². The second-order valence-corrected chi connectivity index (χ2v) is 5.53. The standard InChI is InChI=1S/C13H14N6O2S/c20-9-18-4-6-19(7-5-18)11(21)10-8-22-13(16-10)17-12-14-2-1-3-15-12/h1-3,8-9H,4-7H2,(H,14,15,16,17). The van der Waals surface area contributed by atoms with Crippen LogP contribution < -0.4 is 5.32 Å². The maximum atomic E-state index is 12.4. The smallest absolute Gasteiger partial charge is 0.273 e. The largest absolute Gasteiger partial charge is 0.342 e. The van der Waals surface area contributed by atoms with Gasteiger partial charge in [0.1, 0.15) is 5.69 Å². The van der Waals surface area contributed by atoms with Crippen LogP contribution in [0.5, 0.6) is 0 Å². The van der Waals surface area contributed by atoms with E-state index in [1.807, 2.05) is 0 Å². The van der Waals surface area contributed by atoms with E-state index in [1.54, 1.807) is 33.6 Å². The molecule has 0 bridgehead atoms. The van der Waals surface area contributed by atoms with E-state index >= 15 is 0 Å². The fourth-order valence-corrected chi connectivity index (χ4v) is 2.76. The highest BCUT2D eigenvalue weighted by atomic mass is 32.1. The first-order valence-electron chi connectivity index (χ1n) is 6.74. The Morgan fingerprint density at radius 2 is 1.95 bits per heavy atom. The maximum Gasteiger partial charge on any atom is 0.273 e. The highest BCUT2D eigenvalue weighted by molar-refractivity contribution is 7.14. The molecule has 2 amide bonds. The van der Waals surface area contributed by atoms with Crippen molar-refractivity contribution in [2.45, 2.75) is 0 Å². The zero-order valence-electron chi connectivity index (χ0n) is 11.7. The van der Waals surface area contributed by atoms with Crippen LogP contribution in [0.2, 0.25) is 0 Å². The number of aromatic nitrogens is 3. The van der Waals surface area contributed by atoms with Crippen molar-refractivity contribution in [3.8, 4) is 0 Å². The molecule has 0 aromatic carbocycles. The van der Waals surface area contributed by atoms with Crippen LogP contribution in [0.1, 0.15) is 10.5 Å². The van der Waals surface area contributed by atoms with E-state index in [-0.39, 0.29) is 5.91 Å². The quantitative estimate of drug-likeness (QED) is 0.830. The third-order valence-electron chi connectivity index (χ3n) is 3.26. The highest BCUT2D eigenvalue weighted by Gasteiger charge is 2.23. The van der Waals surface area contributed by atoms with Crippen molar-refractivity contribution in [2.75, 3.05) is 31.5 Å². The first-order valence-corrected chi connectivity index (χ1v) is 7.62. The second-order valence-electron chi connectivity index (χ2n) is 4.67. The van der Waals surface area contributed by atoms with Crippen LogP contribution in [0.25, 0.3) is 0 Å². The summed E-state index contributed by atoms with van der Waals surface area (Å²) in [6.45, 7) is 2.17. The summed E-state index contributed by atoms with van der Waals surface area (Å²) >= 11 is 1.33. The molecule has 1 N–H and O–H groups in total. The van der Waals surface area contributed by atoms with Crippen LogP contribution in [0.15, 0.2) is 23.8 Å². The van der Waals surface area contributed by atoms with Crippen molar-refractivity contribution in [1.82, 2.24) is 24.8 Å². The van der Waals surface area contributed by atoms with Gasteiger partial charge in [0.15, 0.2) is 5.13 Å². The number of hydrogen-bond donors (Lipinski definition) is 1. The Labute approximate surface area is 130 Å². The van der Waals surface area contributed by atoms with Gasteiger partial charge in [-0.05, 0) is 6.07 Å². The number of amides is 2. The number of anilines is 2. The van der Waals surface area contributed by atoms with E-state index in [2.05, 4.69) is 20.3 Å². The number of carbonyl (C=O) groups is 2. The van der Waals surface area contributed by atoms with Crippen LogP contribution in [0.3, 0.4) is 0 Å². The molecule has 9 heteroatoms. The third kappa shape index (κ3) is 3.19. The number of piperazine rings is 1. The lowest BCUT2D eigenvalue weighted by Gasteiger charge is -2.32. The molecule has 0 saturated carbocycles. The Balaban J connectivity index is 1.63. The van der Waals surface area contributed by atoms with Crippen molar-refractivity contribution in [2.24, 2.45) is 0 Å². The van der Waals surface area contributed by atoms with Gasteiger partial charge in [-0.1, -0.05) is 0 Å². The summed E-state index contributed by atoms with van der Waals surface area (Å²) < 4.78 is 0. The van der Waals surface area contributed by atoms with Crippen LogP contribution >= 0.6 is 11.3 Å². The second kappa shape index (κ2) is 6.48. The summed E-state index contributed by atoms with van der Waals surface area (Å²) in [5.41, 5.74) is 0.392. The molecule has 0 spiro atoms. The summed E-state index contributed by atoms with van der Waals surface area (Å²) in [5, 5.41) is 5.24. The number of nitrogens with zero attached hydrogens (tertiary/aromatic N) is 5. The summed E-state index contributed by atoms with van der Waals surface area (Å²) in [5.74, 6) is 0.319. The fraction of sp³-hybridized carbons (Fsp3) is 0.308. The highest BCUT2D eigenvalue weighted by Crippen LogP contribution is 2.19. The zero-order valence-corrected chi connectivity index (χ0v) is 12.5. The SMILES string of the molecule is O=CN1CCN(C(=O)c2csc(Nc3ncccn3)n2)CC1. The van der Waals surface area contributed by atoms with E-state index in [0.29, 0.717) is 43.0 Å². The molecule has 2 aromatic rings. The number of hydrogen-bond acceptors (Lipinski definition) is 7. The lowest BCUT2D eigenvalue weighted by Crippen LogP contribution is -2.48. The average molecular weight is 318 g/mol. The van der Waals surface area contributed by atoms with Gasteiger partial charge in [-0.25, -0.2) is 15.0 Å². The van der Waals surface area contributed by atoms with Crippen molar-refractivity contribution in [1.29, 1.82) is 0 Å². The van der Waals surface area contributed by atoms with Gasteiger partial charge in [0.05, 0.1) is 0 Å². The number of thiazole rings is 1. The van der Waals surface area contributed by atoms with Gasteiger partial charge in [0.25, 0.3) is 5.91 Å². The van der Waals surface area contributed by atoms with E-state index in [0.717, 1.165) is 6.41 Å². The molecule has 3 rings (SSSR count). The molecule has 22 heavy (non-hydrogen) atoms. The molecule has 0 unspecified atom stereocenters. The Kier molecular flexibility index (Phi) is 4.24. The Hall–Kier alpha value is -2.55. The predicted octanol–water partition coefficient (Wildman–Crippen LogP) is 0.591. The minimum absolute atomic E-state index is 0.121. The number of carbonyl (C=O) groups excluding carboxylic acids is 2. The summed E-state index contributed by atoms with van der Waals surface area (Å²) in [7, 11) is 0. The van der Waals surface area contributed by atoms with Crippen LogP contribution in [0, 0.1) is 0 Å². The van der Waals surface area contributed by atoms with Crippen molar-refractivity contribution in [3.05, 3.63) is 29.5 Å². The van der Waals surface area contributed by atoms with Gasteiger partial charge >= 0.3 is 0 Å². The average Bonchev–Trinajstić information content (AvgIpc) is 3.04. The molecule has 0 aliphatic carbocycles. The van der Waals surface area contributed by atoms with Gasteiger partial charge < -0.3 is 15.1 Å².